The molecule has 154 valence electrons. The van der Waals surface area contributed by atoms with Crippen molar-refractivity contribution in [3.05, 3.63) is 66.5 Å². The smallest absolute Gasteiger partial charge is 0.223 e. The van der Waals surface area contributed by atoms with Crippen molar-refractivity contribution < 1.29 is 13.9 Å². The first-order chi connectivity index (χ1) is 14.6. The largest absolute Gasteiger partial charge is 0.439 e. The van der Waals surface area contributed by atoms with Crippen LogP contribution >= 0.6 is 0 Å². The van der Waals surface area contributed by atoms with Gasteiger partial charge in [0.1, 0.15) is 17.4 Å². The summed E-state index contributed by atoms with van der Waals surface area (Å²) in [7, 11) is 0. The average Bonchev–Trinajstić information content (AvgIpc) is 2.79. The molecule has 1 aliphatic heterocycles. The lowest BCUT2D eigenvalue weighted by molar-refractivity contribution is -0.132. The Morgan fingerprint density at radius 2 is 2.13 bits per heavy atom. The normalized spacial score (nSPS) is 16.3. The van der Waals surface area contributed by atoms with Gasteiger partial charge in [0, 0.05) is 55.5 Å². The molecule has 2 aromatic heterocycles. The number of amides is 1. The van der Waals surface area contributed by atoms with E-state index in [1.54, 1.807) is 30.6 Å². The Balaban J connectivity index is 1.69. The van der Waals surface area contributed by atoms with Crippen LogP contribution in [0.3, 0.4) is 0 Å². The number of aromatic nitrogens is 3. The Kier molecular flexibility index (Phi) is 5.97. The topological polar surface area (TPSA) is 68.2 Å². The van der Waals surface area contributed by atoms with E-state index in [0.29, 0.717) is 36.1 Å². The summed E-state index contributed by atoms with van der Waals surface area (Å²) < 4.78 is 19.4. The molecule has 0 spiro atoms. The predicted molar refractivity (Wildman–Crippen MR) is 111 cm³/mol. The van der Waals surface area contributed by atoms with Crippen LogP contribution in [0.5, 0.6) is 11.6 Å². The lowest BCUT2D eigenvalue weighted by Gasteiger charge is -2.32. The summed E-state index contributed by atoms with van der Waals surface area (Å²) in [5, 5.41) is 0. The van der Waals surface area contributed by atoms with Crippen molar-refractivity contribution in [2.45, 2.75) is 32.1 Å². The number of ether oxygens (including phenoxy) is 1. The third kappa shape index (κ3) is 4.62. The van der Waals surface area contributed by atoms with E-state index in [4.69, 9.17) is 9.72 Å². The van der Waals surface area contributed by atoms with Crippen molar-refractivity contribution in [1.29, 1.82) is 0 Å². The number of carbonyl (C=O) groups excluding carboxylic acids is 1. The van der Waals surface area contributed by atoms with E-state index in [-0.39, 0.29) is 17.6 Å². The van der Waals surface area contributed by atoms with E-state index >= 15 is 0 Å². The van der Waals surface area contributed by atoms with E-state index in [0.717, 1.165) is 24.9 Å². The molecule has 1 atom stereocenters. The zero-order valence-corrected chi connectivity index (χ0v) is 16.8. The number of piperidine rings is 1. The molecule has 1 amide bonds. The summed E-state index contributed by atoms with van der Waals surface area (Å²) in [5.74, 6) is 1.10. The van der Waals surface area contributed by atoms with Gasteiger partial charge in [-0.05, 0) is 37.1 Å². The van der Waals surface area contributed by atoms with Crippen molar-refractivity contribution in [3.63, 3.8) is 0 Å². The monoisotopic (exact) mass is 406 g/mol. The van der Waals surface area contributed by atoms with E-state index in [9.17, 15) is 9.18 Å². The highest BCUT2D eigenvalue weighted by atomic mass is 19.1. The summed E-state index contributed by atoms with van der Waals surface area (Å²) in [4.78, 5) is 27.6. The molecule has 1 unspecified atom stereocenters. The van der Waals surface area contributed by atoms with Crippen LogP contribution in [-0.4, -0.2) is 38.8 Å². The van der Waals surface area contributed by atoms with Gasteiger partial charge in [-0.3, -0.25) is 9.78 Å². The van der Waals surface area contributed by atoms with Crippen LogP contribution in [0, 0.1) is 5.82 Å². The van der Waals surface area contributed by atoms with Crippen molar-refractivity contribution in [2.75, 3.05) is 13.1 Å². The number of benzene rings is 1. The maximum absolute atomic E-state index is 13.6. The molecule has 0 radical (unpaired) electrons. The summed E-state index contributed by atoms with van der Waals surface area (Å²) in [6.07, 6.45) is 5.70. The van der Waals surface area contributed by atoms with Crippen LogP contribution in [0.25, 0.3) is 11.3 Å². The first kappa shape index (κ1) is 19.9. The molecule has 4 rings (SSSR count). The lowest BCUT2D eigenvalue weighted by Crippen LogP contribution is -2.39. The maximum atomic E-state index is 13.6. The van der Waals surface area contributed by atoms with Gasteiger partial charge in [0.05, 0.1) is 5.69 Å². The second-order valence-electron chi connectivity index (χ2n) is 7.28. The highest BCUT2D eigenvalue weighted by Crippen LogP contribution is 2.30. The van der Waals surface area contributed by atoms with Crippen molar-refractivity contribution in [2.24, 2.45) is 0 Å². The Bertz CT molecular complexity index is 1030. The Morgan fingerprint density at radius 3 is 2.90 bits per heavy atom. The van der Waals surface area contributed by atoms with Crippen molar-refractivity contribution in [1.82, 2.24) is 19.9 Å². The molecule has 1 aliphatic rings. The minimum Gasteiger partial charge on any atom is -0.439 e. The lowest BCUT2D eigenvalue weighted by atomic mass is 9.96. The number of hydrogen-bond donors (Lipinski definition) is 0. The standard InChI is InChI=1S/C23H23FN4O2/c1-2-22(29)28-11-5-7-17(15-28)23-26-20(16-6-4-10-25-14-16)13-21(27-23)30-19-9-3-8-18(24)12-19/h3-4,6,8-10,12-14,17H,2,5,7,11,15H2,1H3. The number of halogens is 1. The van der Waals surface area contributed by atoms with Crippen LogP contribution in [0.1, 0.15) is 37.9 Å². The van der Waals surface area contributed by atoms with Gasteiger partial charge in [-0.1, -0.05) is 13.0 Å². The third-order valence-corrected chi connectivity index (χ3v) is 5.14. The summed E-state index contributed by atoms with van der Waals surface area (Å²) >= 11 is 0. The van der Waals surface area contributed by atoms with Gasteiger partial charge >= 0.3 is 0 Å². The Morgan fingerprint density at radius 1 is 1.23 bits per heavy atom. The molecule has 0 aliphatic carbocycles. The summed E-state index contributed by atoms with van der Waals surface area (Å²) in [5.41, 5.74) is 1.51. The fourth-order valence-electron chi connectivity index (χ4n) is 3.63. The number of rotatable bonds is 5. The number of pyridine rings is 1. The van der Waals surface area contributed by atoms with Crippen LogP contribution in [0.15, 0.2) is 54.9 Å². The first-order valence-electron chi connectivity index (χ1n) is 10.1. The van der Waals surface area contributed by atoms with Gasteiger partial charge in [-0.15, -0.1) is 0 Å². The fourth-order valence-corrected chi connectivity index (χ4v) is 3.63. The SMILES string of the molecule is CCC(=O)N1CCCC(c2nc(Oc3cccc(F)c3)cc(-c3cccnc3)n2)C1. The van der Waals surface area contributed by atoms with E-state index in [1.807, 2.05) is 24.0 Å². The molecular weight excluding hydrogens is 383 g/mol. The van der Waals surface area contributed by atoms with Gasteiger partial charge < -0.3 is 9.64 Å². The molecule has 0 saturated carbocycles. The Labute approximate surface area is 174 Å². The maximum Gasteiger partial charge on any atom is 0.223 e. The molecule has 1 saturated heterocycles. The van der Waals surface area contributed by atoms with E-state index in [1.165, 1.54) is 12.1 Å². The fraction of sp³-hybridized carbons (Fsp3) is 0.304. The number of nitrogens with zero attached hydrogens (tertiary/aromatic N) is 4. The molecule has 3 aromatic rings. The average molecular weight is 406 g/mol. The van der Waals surface area contributed by atoms with Crippen LogP contribution in [0.4, 0.5) is 4.39 Å². The molecule has 30 heavy (non-hydrogen) atoms. The number of hydrogen-bond acceptors (Lipinski definition) is 5. The van der Waals surface area contributed by atoms with Crippen LogP contribution in [0.2, 0.25) is 0 Å². The molecular formula is C23H23FN4O2. The molecule has 0 N–H and O–H groups in total. The molecule has 3 heterocycles. The zero-order chi connectivity index (χ0) is 20.9. The van der Waals surface area contributed by atoms with Gasteiger partial charge in [-0.25, -0.2) is 9.37 Å². The number of likely N-dealkylation sites (tertiary alicyclic amines) is 1. The van der Waals surface area contributed by atoms with E-state index in [2.05, 4.69) is 9.97 Å². The van der Waals surface area contributed by atoms with Crippen molar-refractivity contribution in [3.8, 4) is 22.9 Å². The van der Waals surface area contributed by atoms with Gasteiger partial charge in [-0.2, -0.15) is 4.98 Å². The van der Waals surface area contributed by atoms with Gasteiger partial charge in [0.25, 0.3) is 0 Å². The van der Waals surface area contributed by atoms with Crippen molar-refractivity contribution >= 4 is 5.91 Å². The van der Waals surface area contributed by atoms with Crippen LogP contribution in [-0.2, 0) is 4.79 Å². The van der Waals surface area contributed by atoms with E-state index < -0.39 is 0 Å². The molecule has 6 nitrogen and oxygen atoms in total. The second-order valence-corrected chi connectivity index (χ2v) is 7.28. The minimum absolute atomic E-state index is 0.0146. The minimum atomic E-state index is -0.379. The number of carbonyl (C=O) groups is 1. The molecule has 7 heteroatoms. The third-order valence-electron chi connectivity index (χ3n) is 5.14. The highest BCUT2D eigenvalue weighted by molar-refractivity contribution is 5.76. The second kappa shape index (κ2) is 8.98. The quantitative estimate of drug-likeness (QED) is 0.620. The first-order valence-corrected chi connectivity index (χ1v) is 10.1. The summed E-state index contributed by atoms with van der Waals surface area (Å²) in [6.45, 7) is 3.22. The molecule has 0 bridgehead atoms. The molecule has 1 aromatic carbocycles. The predicted octanol–water partition coefficient (Wildman–Crippen LogP) is 4.59. The molecule has 1 fully saturated rings. The highest BCUT2D eigenvalue weighted by Gasteiger charge is 2.27. The zero-order valence-electron chi connectivity index (χ0n) is 16.8. The van der Waals surface area contributed by atoms with Gasteiger partial charge in [0.2, 0.25) is 11.8 Å². The Hall–Kier alpha value is -3.35. The van der Waals surface area contributed by atoms with Crippen LogP contribution < -0.4 is 4.74 Å². The van der Waals surface area contributed by atoms with Gasteiger partial charge in [0.15, 0.2) is 0 Å². The summed E-state index contributed by atoms with van der Waals surface area (Å²) in [6, 6.07) is 11.4.